The number of benzene rings is 4. The highest BCUT2D eigenvalue weighted by Crippen LogP contribution is 2.40. The van der Waals surface area contributed by atoms with E-state index in [9.17, 15) is 45.4 Å². The third-order valence-corrected chi connectivity index (χ3v) is 6.10. The van der Waals surface area contributed by atoms with Crippen LogP contribution in [0.1, 0.15) is 10.4 Å². The zero-order chi connectivity index (χ0) is 29.6. The van der Waals surface area contributed by atoms with Gasteiger partial charge in [0.25, 0.3) is 11.3 Å². The molecule has 208 valence electrons. The Labute approximate surface area is 225 Å². The molecule has 41 heavy (non-hydrogen) atoms. The highest BCUT2D eigenvalue weighted by molar-refractivity contribution is 6.07. The molecule has 5 nitrogen and oxygen atoms in total. The van der Waals surface area contributed by atoms with Crippen molar-refractivity contribution in [2.24, 2.45) is 0 Å². The van der Waals surface area contributed by atoms with Crippen molar-refractivity contribution in [2.45, 2.75) is 6.18 Å². The Morgan fingerprint density at radius 1 is 0.707 bits per heavy atom. The number of carbonyl (C=O) groups excluding carboxylic acids is 1. The van der Waals surface area contributed by atoms with Crippen LogP contribution in [0.15, 0.2) is 89.7 Å². The summed E-state index contributed by atoms with van der Waals surface area (Å²) >= 11 is 0. The summed E-state index contributed by atoms with van der Waals surface area (Å²) in [7, 11) is 0. The molecule has 12 heteroatoms. The second-order valence-corrected chi connectivity index (χ2v) is 8.82. The fraction of sp³-hybridized carbons (Fsp3) is 0.0345. The number of anilines is 3. The molecule has 0 unspecified atom stereocenters. The molecule has 1 aromatic heterocycles. The zero-order valence-corrected chi connectivity index (χ0v) is 20.4. The molecule has 0 spiro atoms. The predicted octanol–water partition coefficient (Wildman–Crippen LogP) is 7.47. The minimum atomic E-state index is -5.49. The van der Waals surface area contributed by atoms with Gasteiger partial charge in [-0.3, -0.25) is 14.2 Å². The van der Waals surface area contributed by atoms with Gasteiger partial charge in [0.1, 0.15) is 34.6 Å². The zero-order valence-electron chi connectivity index (χ0n) is 20.4. The fourth-order valence-corrected chi connectivity index (χ4v) is 4.47. The molecule has 5 aromatic rings. The lowest BCUT2D eigenvalue weighted by molar-refractivity contribution is -0.0887. The number of pyridine rings is 1. The number of aromatic hydroxyl groups is 1. The molecule has 1 heterocycles. The molecule has 5 rings (SSSR count). The SMILES string of the molecule is O=C(c1c(O)c2ccc(N(c3cc(F)cc(F)c3)c3cc(F)cc(F)c3)cc2n(-c2ccccc2)c1=O)C(F)(F)F. The van der Waals surface area contributed by atoms with Crippen LogP contribution in [0.4, 0.5) is 47.8 Å². The summed E-state index contributed by atoms with van der Waals surface area (Å²) < 4.78 is 97.7. The highest BCUT2D eigenvalue weighted by atomic mass is 19.4. The molecule has 0 bridgehead atoms. The summed E-state index contributed by atoms with van der Waals surface area (Å²) in [5.74, 6) is -7.93. The number of ketones is 1. The van der Waals surface area contributed by atoms with E-state index in [1.165, 1.54) is 24.3 Å². The van der Waals surface area contributed by atoms with E-state index in [-0.39, 0.29) is 33.7 Å². The van der Waals surface area contributed by atoms with Crippen molar-refractivity contribution in [3.8, 4) is 11.4 Å². The maximum atomic E-state index is 14.2. The first kappa shape index (κ1) is 27.4. The third kappa shape index (κ3) is 5.11. The van der Waals surface area contributed by atoms with E-state index < -0.39 is 52.1 Å². The lowest BCUT2D eigenvalue weighted by Gasteiger charge is -2.26. The molecule has 0 fully saturated rings. The third-order valence-electron chi connectivity index (χ3n) is 6.10. The summed E-state index contributed by atoms with van der Waals surface area (Å²) in [6, 6.07) is 15.2. The van der Waals surface area contributed by atoms with E-state index in [1.807, 2.05) is 0 Å². The summed E-state index contributed by atoms with van der Waals surface area (Å²) in [5, 5.41) is 10.3. The van der Waals surface area contributed by atoms with Crippen LogP contribution < -0.4 is 10.5 Å². The number of carbonyl (C=O) groups is 1. The topological polar surface area (TPSA) is 62.5 Å². The Morgan fingerprint density at radius 2 is 1.22 bits per heavy atom. The van der Waals surface area contributed by atoms with Crippen LogP contribution >= 0.6 is 0 Å². The molecule has 0 aliphatic carbocycles. The number of rotatable bonds is 5. The van der Waals surface area contributed by atoms with Crippen LogP contribution in [0.3, 0.4) is 0 Å². The van der Waals surface area contributed by atoms with Gasteiger partial charge >= 0.3 is 6.18 Å². The van der Waals surface area contributed by atoms with Crippen molar-refractivity contribution in [1.82, 2.24) is 4.57 Å². The van der Waals surface area contributed by atoms with E-state index in [1.54, 1.807) is 6.07 Å². The predicted molar refractivity (Wildman–Crippen MR) is 136 cm³/mol. The summed E-state index contributed by atoms with van der Waals surface area (Å²) in [6.45, 7) is 0. The molecule has 0 aliphatic rings. The van der Waals surface area contributed by atoms with Gasteiger partial charge in [0.2, 0.25) is 0 Å². The van der Waals surface area contributed by atoms with Gasteiger partial charge in [-0.1, -0.05) is 18.2 Å². The smallest absolute Gasteiger partial charge is 0.455 e. The van der Waals surface area contributed by atoms with E-state index >= 15 is 0 Å². The molecule has 0 saturated carbocycles. The standard InChI is InChI=1S/C29H15F7N2O3/c30-15-8-16(31)11-21(10-15)37(22-12-17(32)9-18(33)13-22)20-6-7-23-24(14-20)38(19-4-2-1-3-5-19)28(41)25(26(23)39)27(40)29(34,35)36/h1-14,39H. The normalized spacial score (nSPS) is 11.6. The van der Waals surface area contributed by atoms with Crippen LogP contribution in [-0.4, -0.2) is 21.6 Å². The highest BCUT2D eigenvalue weighted by Gasteiger charge is 2.43. The van der Waals surface area contributed by atoms with Crippen molar-refractivity contribution in [3.05, 3.63) is 124 Å². The van der Waals surface area contributed by atoms with Crippen LogP contribution in [0.25, 0.3) is 16.6 Å². The Hall–Kier alpha value is -5.13. The minimum absolute atomic E-state index is 0.0102. The van der Waals surface area contributed by atoms with Crippen LogP contribution in [-0.2, 0) is 0 Å². The minimum Gasteiger partial charge on any atom is -0.506 e. The van der Waals surface area contributed by atoms with E-state index in [0.29, 0.717) is 12.1 Å². The van der Waals surface area contributed by atoms with Gasteiger partial charge in [-0.2, -0.15) is 13.2 Å². The number of Topliss-reactive ketones (excluding diaryl/α,β-unsaturated/α-hetero) is 1. The van der Waals surface area contributed by atoms with E-state index in [2.05, 4.69) is 0 Å². The summed E-state index contributed by atoms with van der Waals surface area (Å²) in [5.41, 5.74) is -3.78. The lowest BCUT2D eigenvalue weighted by atomic mass is 10.0. The number of nitrogens with zero attached hydrogens (tertiary/aromatic N) is 2. The van der Waals surface area contributed by atoms with Crippen molar-refractivity contribution in [1.29, 1.82) is 0 Å². The first-order valence-electron chi connectivity index (χ1n) is 11.7. The van der Waals surface area contributed by atoms with E-state index in [4.69, 9.17) is 0 Å². The quantitative estimate of drug-likeness (QED) is 0.175. The van der Waals surface area contributed by atoms with Crippen molar-refractivity contribution in [3.63, 3.8) is 0 Å². The maximum Gasteiger partial charge on any atom is 0.455 e. The van der Waals surface area contributed by atoms with Gasteiger partial charge in [0, 0.05) is 28.9 Å². The van der Waals surface area contributed by atoms with Gasteiger partial charge in [-0.05, 0) is 54.6 Å². The fourth-order valence-electron chi connectivity index (χ4n) is 4.47. The van der Waals surface area contributed by atoms with Crippen LogP contribution in [0.5, 0.6) is 5.75 Å². The largest absolute Gasteiger partial charge is 0.506 e. The molecule has 0 atom stereocenters. The average Bonchev–Trinajstić information content (AvgIpc) is 2.88. The maximum absolute atomic E-state index is 14.2. The number of aromatic nitrogens is 1. The molecule has 0 aliphatic heterocycles. The molecule has 0 amide bonds. The van der Waals surface area contributed by atoms with E-state index in [0.717, 1.165) is 51.9 Å². The first-order chi connectivity index (χ1) is 19.3. The molecule has 1 N–H and O–H groups in total. The van der Waals surface area contributed by atoms with Gasteiger partial charge in [0.15, 0.2) is 0 Å². The Morgan fingerprint density at radius 3 is 1.71 bits per heavy atom. The van der Waals surface area contributed by atoms with Crippen molar-refractivity contribution >= 4 is 33.7 Å². The van der Waals surface area contributed by atoms with Gasteiger partial charge < -0.3 is 10.0 Å². The van der Waals surface area contributed by atoms with Gasteiger partial charge in [-0.15, -0.1) is 0 Å². The van der Waals surface area contributed by atoms with Gasteiger partial charge in [-0.25, -0.2) is 17.6 Å². The van der Waals surface area contributed by atoms with Gasteiger partial charge in [0.05, 0.1) is 16.9 Å². The second kappa shape index (κ2) is 10.1. The Balaban J connectivity index is 1.88. The number of hydrogen-bond acceptors (Lipinski definition) is 4. The Kier molecular flexibility index (Phi) is 6.77. The molecule has 0 saturated heterocycles. The lowest BCUT2D eigenvalue weighted by Crippen LogP contribution is -2.33. The van der Waals surface area contributed by atoms with Crippen LogP contribution in [0.2, 0.25) is 0 Å². The molecular formula is C29H15F7N2O3. The van der Waals surface area contributed by atoms with Crippen molar-refractivity contribution in [2.75, 3.05) is 4.90 Å². The Bertz CT molecular complexity index is 1790. The monoisotopic (exact) mass is 572 g/mol. The average molecular weight is 572 g/mol. The summed E-state index contributed by atoms with van der Waals surface area (Å²) in [6.07, 6.45) is -5.49. The number of fused-ring (bicyclic) bond motifs is 1. The first-order valence-corrected chi connectivity index (χ1v) is 11.7. The molecule has 4 aromatic carbocycles. The second-order valence-electron chi connectivity index (χ2n) is 8.82. The number of halogens is 7. The number of hydrogen-bond donors (Lipinski definition) is 1. The number of para-hydroxylation sites is 1. The summed E-state index contributed by atoms with van der Waals surface area (Å²) in [4.78, 5) is 26.6. The van der Waals surface area contributed by atoms with Crippen molar-refractivity contribution < 1.29 is 40.6 Å². The molecule has 0 radical (unpaired) electrons. The van der Waals surface area contributed by atoms with Crippen LogP contribution in [0, 0.1) is 23.3 Å². The number of alkyl halides is 3. The molecular weight excluding hydrogens is 557 g/mol.